The quantitative estimate of drug-likeness (QED) is 0.232. The third-order valence-electron chi connectivity index (χ3n) is 6.75. The third kappa shape index (κ3) is 8.78. The summed E-state index contributed by atoms with van der Waals surface area (Å²) >= 11 is 0. The first-order valence-corrected chi connectivity index (χ1v) is 13.5. The molecule has 1 aliphatic heterocycles. The van der Waals surface area contributed by atoms with Crippen molar-refractivity contribution in [1.82, 2.24) is 20.3 Å². The van der Waals surface area contributed by atoms with Crippen molar-refractivity contribution < 1.29 is 8.42 Å². The van der Waals surface area contributed by atoms with Gasteiger partial charge in [-0.2, -0.15) is 0 Å². The number of hydrogen-bond acceptors (Lipinski definition) is 4. The maximum atomic E-state index is 12.2. The Morgan fingerprint density at radius 3 is 2.30 bits per heavy atom. The highest BCUT2D eigenvalue weighted by molar-refractivity contribution is 14.0. The first-order chi connectivity index (χ1) is 14.1. The topological polar surface area (TPSA) is 85.8 Å². The van der Waals surface area contributed by atoms with Crippen LogP contribution in [0.1, 0.15) is 71.1 Å². The highest BCUT2D eigenvalue weighted by atomic mass is 127. The van der Waals surface area contributed by atoms with Crippen molar-refractivity contribution in [3.63, 3.8) is 0 Å². The predicted octanol–water partition coefficient (Wildman–Crippen LogP) is 2.68. The minimum Gasteiger partial charge on any atom is -0.357 e. The number of guanidine groups is 1. The van der Waals surface area contributed by atoms with Crippen molar-refractivity contribution in [3.8, 4) is 0 Å². The van der Waals surface area contributed by atoms with Gasteiger partial charge in [-0.05, 0) is 51.4 Å². The lowest BCUT2D eigenvalue weighted by molar-refractivity contribution is 0.119. The second kappa shape index (κ2) is 13.4. The molecule has 3 fully saturated rings. The number of piperidine rings is 1. The summed E-state index contributed by atoms with van der Waals surface area (Å²) < 4.78 is 27.1. The van der Waals surface area contributed by atoms with Gasteiger partial charge in [0, 0.05) is 38.3 Å². The van der Waals surface area contributed by atoms with Gasteiger partial charge in [0.15, 0.2) is 5.96 Å². The summed E-state index contributed by atoms with van der Waals surface area (Å²) in [6, 6.07) is 1.21. The average molecular weight is 556 g/mol. The molecule has 1 heterocycles. The van der Waals surface area contributed by atoms with Gasteiger partial charge >= 0.3 is 0 Å². The summed E-state index contributed by atoms with van der Waals surface area (Å²) in [6.45, 7) is 6.00. The molecular formula is C21H42IN5O2S. The zero-order valence-corrected chi connectivity index (χ0v) is 21.7. The van der Waals surface area contributed by atoms with E-state index in [2.05, 4.69) is 25.2 Å². The predicted molar refractivity (Wildman–Crippen MR) is 135 cm³/mol. The van der Waals surface area contributed by atoms with E-state index in [-0.39, 0.29) is 36.3 Å². The molecule has 3 rings (SSSR count). The largest absolute Gasteiger partial charge is 0.357 e. The average Bonchev–Trinajstić information content (AvgIpc) is 2.68. The maximum Gasteiger partial charge on any atom is 0.213 e. The molecule has 0 aromatic rings. The molecular weight excluding hydrogens is 513 g/mol. The summed E-state index contributed by atoms with van der Waals surface area (Å²) in [5.41, 5.74) is 0. The molecule has 0 aromatic heterocycles. The van der Waals surface area contributed by atoms with E-state index in [1.807, 2.05) is 6.92 Å². The lowest BCUT2D eigenvalue weighted by Gasteiger charge is -2.39. The Kier molecular flexibility index (Phi) is 11.7. The molecule has 3 aliphatic rings. The monoisotopic (exact) mass is 555 g/mol. The van der Waals surface area contributed by atoms with Gasteiger partial charge in [0.25, 0.3) is 0 Å². The molecule has 9 heteroatoms. The van der Waals surface area contributed by atoms with E-state index >= 15 is 0 Å². The van der Waals surface area contributed by atoms with Crippen LogP contribution in [0.15, 0.2) is 4.99 Å². The Morgan fingerprint density at radius 1 is 1.00 bits per heavy atom. The summed E-state index contributed by atoms with van der Waals surface area (Å²) in [7, 11) is -3.24. The van der Waals surface area contributed by atoms with Crippen LogP contribution in [0.2, 0.25) is 0 Å². The Balaban J connectivity index is 0.00000320. The molecule has 0 spiro atoms. The summed E-state index contributed by atoms with van der Waals surface area (Å²) in [5.74, 6) is 1.33. The third-order valence-corrected chi connectivity index (χ3v) is 8.08. The van der Waals surface area contributed by atoms with E-state index in [0.29, 0.717) is 18.5 Å². The minimum absolute atomic E-state index is 0. The van der Waals surface area contributed by atoms with Crippen LogP contribution in [-0.2, 0) is 10.0 Å². The van der Waals surface area contributed by atoms with Gasteiger partial charge in [0.2, 0.25) is 10.0 Å². The number of aliphatic imine (C=N–C) groups is 1. The fourth-order valence-corrected chi connectivity index (χ4v) is 5.63. The van der Waals surface area contributed by atoms with Gasteiger partial charge in [-0.25, -0.2) is 13.1 Å². The molecule has 3 N–H and O–H groups in total. The summed E-state index contributed by atoms with van der Waals surface area (Å²) in [6.07, 6.45) is 12.7. The van der Waals surface area contributed by atoms with Gasteiger partial charge in [-0.15, -0.1) is 24.0 Å². The number of nitrogens with one attached hydrogen (secondary N) is 3. The lowest BCUT2D eigenvalue weighted by atomic mass is 9.86. The fourth-order valence-electron chi connectivity index (χ4n) is 4.66. The maximum absolute atomic E-state index is 12.2. The second-order valence-corrected chi connectivity index (χ2v) is 10.9. The molecule has 30 heavy (non-hydrogen) atoms. The molecule has 0 atom stereocenters. The van der Waals surface area contributed by atoms with Crippen LogP contribution in [0, 0.1) is 5.92 Å². The Hall–Kier alpha value is -0.130. The summed E-state index contributed by atoms with van der Waals surface area (Å²) in [4.78, 5) is 7.21. The van der Waals surface area contributed by atoms with Gasteiger partial charge < -0.3 is 15.5 Å². The lowest BCUT2D eigenvalue weighted by Crippen LogP contribution is -2.51. The highest BCUT2D eigenvalue weighted by Gasteiger charge is 2.26. The van der Waals surface area contributed by atoms with Gasteiger partial charge in [-0.1, -0.05) is 25.7 Å². The fraction of sp³-hybridized carbons (Fsp3) is 0.952. The van der Waals surface area contributed by atoms with Crippen molar-refractivity contribution in [2.24, 2.45) is 10.9 Å². The van der Waals surface area contributed by atoms with E-state index in [4.69, 9.17) is 0 Å². The highest BCUT2D eigenvalue weighted by Crippen LogP contribution is 2.26. The van der Waals surface area contributed by atoms with Gasteiger partial charge in [0.05, 0.1) is 12.3 Å². The van der Waals surface area contributed by atoms with Crippen molar-refractivity contribution >= 4 is 40.0 Å². The molecule has 0 aromatic carbocycles. The van der Waals surface area contributed by atoms with Crippen LogP contribution < -0.4 is 15.4 Å². The van der Waals surface area contributed by atoms with Crippen LogP contribution in [0.5, 0.6) is 0 Å². The Bertz CT molecular complexity index is 613. The summed E-state index contributed by atoms with van der Waals surface area (Å²) in [5, 5.41) is 6.80. The normalized spacial score (nSPS) is 22.9. The Labute approximate surface area is 200 Å². The first-order valence-electron chi connectivity index (χ1n) is 11.8. The van der Waals surface area contributed by atoms with Crippen LogP contribution in [0.25, 0.3) is 0 Å². The van der Waals surface area contributed by atoms with Crippen LogP contribution in [-0.4, -0.2) is 69.8 Å². The molecule has 7 nitrogen and oxygen atoms in total. The van der Waals surface area contributed by atoms with Crippen LogP contribution in [0.4, 0.5) is 0 Å². The zero-order chi connectivity index (χ0) is 20.5. The van der Waals surface area contributed by atoms with Crippen LogP contribution in [0.3, 0.4) is 0 Å². The van der Waals surface area contributed by atoms with E-state index < -0.39 is 10.0 Å². The number of halogens is 1. The van der Waals surface area contributed by atoms with Gasteiger partial charge in [-0.3, -0.25) is 4.99 Å². The molecule has 0 amide bonds. The SMILES string of the molecule is CCNC(=NCCS(=O)(=O)NCC1CCC1)NC1CCN(C2CCCCC2)CC1.I. The minimum atomic E-state index is -3.24. The van der Waals surface area contributed by atoms with E-state index in [1.165, 1.54) is 38.5 Å². The van der Waals surface area contributed by atoms with Crippen molar-refractivity contribution in [2.75, 3.05) is 38.5 Å². The van der Waals surface area contributed by atoms with Crippen molar-refractivity contribution in [3.05, 3.63) is 0 Å². The molecule has 0 unspecified atom stereocenters. The van der Waals surface area contributed by atoms with E-state index in [1.54, 1.807) is 0 Å². The zero-order valence-electron chi connectivity index (χ0n) is 18.6. The molecule has 1 saturated heterocycles. The number of hydrogen-bond donors (Lipinski definition) is 3. The number of rotatable bonds is 9. The molecule has 0 bridgehead atoms. The molecule has 176 valence electrons. The smallest absolute Gasteiger partial charge is 0.213 e. The number of sulfonamides is 1. The van der Waals surface area contributed by atoms with Gasteiger partial charge in [0.1, 0.15) is 0 Å². The standard InChI is InChI=1S/C21H41N5O2S.HI/c1-2-22-21(23-13-16-29(27,28)24-17-18-7-6-8-18)25-19-11-14-26(15-12-19)20-9-4-3-5-10-20;/h18-20,24H,2-17H2,1H3,(H2,22,23,25);1H. The van der Waals surface area contributed by atoms with Crippen LogP contribution >= 0.6 is 24.0 Å². The Morgan fingerprint density at radius 2 is 1.70 bits per heavy atom. The molecule has 2 saturated carbocycles. The van der Waals surface area contributed by atoms with E-state index in [9.17, 15) is 8.42 Å². The number of likely N-dealkylation sites (tertiary alicyclic amines) is 1. The molecule has 0 radical (unpaired) electrons. The first kappa shape index (κ1) is 26.1. The van der Waals surface area contributed by atoms with Crippen molar-refractivity contribution in [2.45, 2.75) is 83.2 Å². The van der Waals surface area contributed by atoms with Crippen molar-refractivity contribution in [1.29, 1.82) is 0 Å². The van der Waals surface area contributed by atoms with E-state index in [0.717, 1.165) is 57.3 Å². The number of nitrogens with zero attached hydrogens (tertiary/aromatic N) is 2. The molecule has 2 aliphatic carbocycles. The second-order valence-electron chi connectivity index (χ2n) is 8.97.